The zero-order valence-electron chi connectivity index (χ0n) is 10.6. The van der Waals surface area contributed by atoms with Crippen molar-refractivity contribution in [2.45, 2.75) is 53.4 Å². The van der Waals surface area contributed by atoms with Gasteiger partial charge in [-0.15, -0.1) is 0 Å². The highest BCUT2D eigenvalue weighted by Crippen LogP contribution is 2.44. The highest BCUT2D eigenvalue weighted by atomic mass is 16.1. The topological polar surface area (TPSA) is 17.1 Å². The molecule has 0 aromatic rings. The molecule has 1 nitrogen and oxygen atoms in total. The smallest absolute Gasteiger partial charge is 0.140 e. The van der Waals surface area contributed by atoms with Crippen LogP contribution in [-0.2, 0) is 4.79 Å². The van der Waals surface area contributed by atoms with Crippen molar-refractivity contribution in [2.24, 2.45) is 17.3 Å². The van der Waals surface area contributed by atoms with E-state index < -0.39 is 0 Å². The van der Waals surface area contributed by atoms with E-state index >= 15 is 0 Å². The van der Waals surface area contributed by atoms with Crippen LogP contribution in [0.25, 0.3) is 0 Å². The number of Topliss-reactive ketones (excluding diaryl/α,β-unsaturated/α-hetero) is 1. The van der Waals surface area contributed by atoms with Gasteiger partial charge >= 0.3 is 0 Å². The van der Waals surface area contributed by atoms with Crippen molar-refractivity contribution < 1.29 is 4.79 Å². The maximum absolute atomic E-state index is 12.2. The Morgan fingerprint density at radius 2 is 2.07 bits per heavy atom. The van der Waals surface area contributed by atoms with Crippen LogP contribution in [0.4, 0.5) is 0 Å². The van der Waals surface area contributed by atoms with E-state index in [0.29, 0.717) is 18.1 Å². The van der Waals surface area contributed by atoms with Crippen LogP contribution < -0.4 is 0 Å². The lowest BCUT2D eigenvalue weighted by Gasteiger charge is -2.42. The van der Waals surface area contributed by atoms with Crippen LogP contribution in [0.15, 0.2) is 12.2 Å². The van der Waals surface area contributed by atoms with Gasteiger partial charge in [0.1, 0.15) is 5.78 Å². The minimum absolute atomic E-state index is 0.185. The van der Waals surface area contributed by atoms with Crippen LogP contribution in [0.1, 0.15) is 53.4 Å². The fourth-order valence-corrected chi connectivity index (χ4v) is 3.13. The summed E-state index contributed by atoms with van der Waals surface area (Å²) in [6.45, 7) is 12.5. The zero-order chi connectivity index (χ0) is 11.6. The molecule has 1 rings (SSSR count). The fraction of sp³-hybridized carbons (Fsp3) is 0.786. The summed E-state index contributed by atoms with van der Waals surface area (Å²) < 4.78 is 0. The number of carbonyl (C=O) groups excluding carboxylic acids is 1. The molecule has 0 radical (unpaired) electrons. The quantitative estimate of drug-likeness (QED) is 0.641. The molecule has 1 saturated carbocycles. The summed E-state index contributed by atoms with van der Waals surface area (Å²) in [6, 6.07) is 0. The Balaban J connectivity index is 2.78. The average molecular weight is 208 g/mol. The summed E-state index contributed by atoms with van der Waals surface area (Å²) in [5, 5.41) is 0. The minimum Gasteiger partial charge on any atom is -0.299 e. The van der Waals surface area contributed by atoms with Gasteiger partial charge in [0.05, 0.1) is 0 Å². The molecule has 0 spiro atoms. The van der Waals surface area contributed by atoms with Gasteiger partial charge in [-0.1, -0.05) is 39.3 Å². The van der Waals surface area contributed by atoms with Gasteiger partial charge in [0.15, 0.2) is 0 Å². The summed E-state index contributed by atoms with van der Waals surface area (Å²) in [7, 11) is 0. The fourth-order valence-electron chi connectivity index (χ4n) is 3.13. The van der Waals surface area contributed by atoms with Crippen LogP contribution >= 0.6 is 0 Å². The van der Waals surface area contributed by atoms with Gasteiger partial charge in [-0.3, -0.25) is 4.79 Å². The lowest BCUT2D eigenvalue weighted by atomic mass is 9.62. The number of ketones is 1. The molecule has 0 aromatic heterocycles. The second-order valence-electron chi connectivity index (χ2n) is 5.94. The molecule has 0 heterocycles. The van der Waals surface area contributed by atoms with Gasteiger partial charge in [0, 0.05) is 12.3 Å². The summed E-state index contributed by atoms with van der Waals surface area (Å²) in [5.41, 5.74) is 1.18. The molecule has 1 heteroatoms. The average Bonchev–Trinajstić information content (AvgIpc) is 1.99. The Morgan fingerprint density at radius 1 is 1.47 bits per heavy atom. The summed E-state index contributed by atoms with van der Waals surface area (Å²) in [5.74, 6) is 1.18. The van der Waals surface area contributed by atoms with E-state index in [1.54, 1.807) is 0 Å². The molecule has 0 aliphatic heterocycles. The van der Waals surface area contributed by atoms with E-state index in [4.69, 9.17) is 0 Å². The second kappa shape index (κ2) is 4.51. The van der Waals surface area contributed by atoms with Crippen molar-refractivity contribution in [1.29, 1.82) is 0 Å². The highest BCUT2D eigenvalue weighted by molar-refractivity contribution is 5.84. The number of hydrogen-bond acceptors (Lipinski definition) is 1. The van der Waals surface area contributed by atoms with Crippen molar-refractivity contribution in [1.82, 2.24) is 0 Å². The first-order chi connectivity index (χ1) is 6.84. The van der Waals surface area contributed by atoms with Gasteiger partial charge in [-0.05, 0) is 31.1 Å². The molecule has 0 N–H and O–H groups in total. The van der Waals surface area contributed by atoms with E-state index in [1.807, 2.05) is 6.92 Å². The lowest BCUT2D eigenvalue weighted by Crippen LogP contribution is -2.39. The maximum atomic E-state index is 12.2. The highest BCUT2D eigenvalue weighted by Gasteiger charge is 2.40. The second-order valence-corrected chi connectivity index (χ2v) is 5.94. The molecule has 0 bridgehead atoms. The number of rotatable bonds is 3. The van der Waals surface area contributed by atoms with Crippen molar-refractivity contribution in [2.75, 3.05) is 0 Å². The molecule has 1 fully saturated rings. The first kappa shape index (κ1) is 12.5. The van der Waals surface area contributed by atoms with Gasteiger partial charge in [0.2, 0.25) is 0 Å². The van der Waals surface area contributed by atoms with Crippen molar-refractivity contribution >= 4 is 5.78 Å². The van der Waals surface area contributed by atoms with E-state index in [9.17, 15) is 4.79 Å². The van der Waals surface area contributed by atoms with Gasteiger partial charge in [0.25, 0.3) is 0 Å². The monoisotopic (exact) mass is 208 g/mol. The summed E-state index contributed by atoms with van der Waals surface area (Å²) >= 11 is 0. The van der Waals surface area contributed by atoms with E-state index in [1.165, 1.54) is 19.3 Å². The van der Waals surface area contributed by atoms with Gasteiger partial charge < -0.3 is 0 Å². The first-order valence-electron chi connectivity index (χ1n) is 6.01. The molecule has 2 atom stereocenters. The Labute approximate surface area is 93.9 Å². The Kier molecular flexibility index (Phi) is 3.75. The number of carbonyl (C=O) groups is 1. The van der Waals surface area contributed by atoms with Crippen molar-refractivity contribution in [3.63, 3.8) is 0 Å². The predicted octanol–water partition coefficient (Wildman–Crippen LogP) is 3.98. The van der Waals surface area contributed by atoms with Crippen LogP contribution in [0, 0.1) is 17.3 Å². The van der Waals surface area contributed by atoms with Crippen LogP contribution in [0.5, 0.6) is 0 Å². The normalized spacial score (nSPS) is 29.9. The molecule has 1 aliphatic carbocycles. The van der Waals surface area contributed by atoms with E-state index in [0.717, 1.165) is 5.57 Å². The molecule has 15 heavy (non-hydrogen) atoms. The number of hydrogen-bond donors (Lipinski definition) is 0. The van der Waals surface area contributed by atoms with E-state index in [2.05, 4.69) is 27.4 Å². The predicted molar refractivity (Wildman–Crippen MR) is 64.7 cm³/mol. The Hall–Kier alpha value is -0.590. The van der Waals surface area contributed by atoms with Crippen LogP contribution in [0.3, 0.4) is 0 Å². The molecule has 0 saturated heterocycles. The van der Waals surface area contributed by atoms with Crippen molar-refractivity contribution in [3.8, 4) is 0 Å². The summed E-state index contributed by atoms with van der Waals surface area (Å²) in [6.07, 6.45) is 4.23. The molecule has 86 valence electrons. The third kappa shape index (κ3) is 2.93. The molecular formula is C14H24O. The summed E-state index contributed by atoms with van der Waals surface area (Å²) in [4.78, 5) is 12.2. The van der Waals surface area contributed by atoms with E-state index in [-0.39, 0.29) is 11.3 Å². The molecule has 0 aromatic carbocycles. The number of allylic oxidation sites excluding steroid dienone is 1. The largest absolute Gasteiger partial charge is 0.299 e. The molecule has 1 aliphatic rings. The zero-order valence-corrected chi connectivity index (χ0v) is 10.6. The third-order valence-electron chi connectivity index (χ3n) is 3.71. The maximum Gasteiger partial charge on any atom is 0.140 e. The Morgan fingerprint density at radius 3 is 2.53 bits per heavy atom. The molecule has 2 unspecified atom stereocenters. The molecule has 0 amide bonds. The van der Waals surface area contributed by atoms with Gasteiger partial charge in [-0.2, -0.15) is 0 Å². The van der Waals surface area contributed by atoms with Crippen LogP contribution in [0.2, 0.25) is 0 Å². The van der Waals surface area contributed by atoms with Crippen LogP contribution in [-0.4, -0.2) is 5.78 Å². The SMILES string of the molecule is C=C(C)CC(=O)C1C(C)CCCC1(C)C. The first-order valence-corrected chi connectivity index (χ1v) is 6.01. The third-order valence-corrected chi connectivity index (χ3v) is 3.71. The minimum atomic E-state index is 0.185. The molecular weight excluding hydrogens is 184 g/mol. The Bertz CT molecular complexity index is 263. The lowest BCUT2D eigenvalue weighted by molar-refractivity contribution is -0.129. The van der Waals surface area contributed by atoms with Crippen molar-refractivity contribution in [3.05, 3.63) is 12.2 Å². The van der Waals surface area contributed by atoms with Gasteiger partial charge in [-0.25, -0.2) is 0 Å². The standard InChI is InChI=1S/C14H24O/c1-10(2)9-12(15)13-11(3)7-6-8-14(13,4)5/h11,13H,1,6-9H2,2-5H3.